The Hall–Kier alpha value is -5.61. The Kier molecular flexibility index (Phi) is 15.0. The molecule has 2 aliphatic rings. The minimum Gasteiger partial charge on any atom is -0.455 e. The smallest absolute Gasteiger partial charge is 0.408 e. The van der Waals surface area contributed by atoms with Gasteiger partial charge in [-0.15, -0.1) is 0 Å². The van der Waals surface area contributed by atoms with Crippen LogP contribution in [-0.2, 0) is 34.1 Å². The second kappa shape index (κ2) is 19.3. The number of alkyl carbamates (subject to hydrolysis) is 2. The standard InChI is InChI=1S/C48H67N7O10Si/c1-29(2)35(52-42(59)64-44(5,6)7)40(57)54-39-32-22-23-34(55(32)51-28-50-39)48(27-49)38(56)37(62-41(58)36(30(3)4)53-43(60)65-45(8,9)10)33(63-48)26-47(24-18-15-19-25-47)66(61,46(11,12)13)31-20-16-14-17-21-31/h14-24,28-30,33,35-38,56,61H,25-26H2,1-13H3,(H,52,59)(H,53,60)(H,50,51,54,57)/t33-,35+,36+,37-,38-,47?,48+,66?/m1/s1. The van der Waals surface area contributed by atoms with Crippen molar-refractivity contribution in [1.82, 2.24) is 25.2 Å². The first-order valence-corrected chi connectivity index (χ1v) is 24.3. The molecule has 3 aromatic rings. The van der Waals surface area contributed by atoms with Gasteiger partial charge in [-0.1, -0.05) is 103 Å². The minimum atomic E-state index is -3.75. The molecule has 5 N–H and O–H groups in total. The molecule has 1 aliphatic heterocycles. The number of nitrogens with zero attached hydrogens (tertiary/aromatic N) is 4. The van der Waals surface area contributed by atoms with E-state index < -0.39 is 95.6 Å². The molecule has 0 radical (unpaired) electrons. The lowest BCUT2D eigenvalue weighted by molar-refractivity contribution is -0.159. The van der Waals surface area contributed by atoms with Crippen LogP contribution in [0, 0.1) is 23.2 Å². The van der Waals surface area contributed by atoms with E-state index in [1.807, 2.05) is 75.4 Å². The van der Waals surface area contributed by atoms with Crippen LogP contribution >= 0.6 is 0 Å². The number of nitrogens with one attached hydrogen (secondary N) is 3. The number of aliphatic hydroxyl groups is 1. The van der Waals surface area contributed by atoms with Crippen molar-refractivity contribution in [2.24, 2.45) is 11.8 Å². The zero-order valence-corrected chi connectivity index (χ0v) is 41.3. The Morgan fingerprint density at radius 3 is 2.02 bits per heavy atom. The number of hydrogen-bond acceptors (Lipinski definition) is 13. The first kappa shape index (κ1) is 51.4. The van der Waals surface area contributed by atoms with Crippen LogP contribution in [0.25, 0.3) is 5.52 Å². The highest BCUT2D eigenvalue weighted by atomic mass is 28.4. The van der Waals surface area contributed by atoms with Crippen molar-refractivity contribution < 1.29 is 48.0 Å². The number of esters is 1. The van der Waals surface area contributed by atoms with Gasteiger partial charge in [-0.25, -0.2) is 23.9 Å². The van der Waals surface area contributed by atoms with Crippen molar-refractivity contribution >= 4 is 48.9 Å². The molecule has 358 valence electrons. The fourth-order valence-corrected chi connectivity index (χ4v) is 13.7. The second-order valence-corrected chi connectivity index (χ2v) is 25.4. The Labute approximate surface area is 388 Å². The Balaban J connectivity index is 1.62. The SMILES string of the molecule is CC(C)[C@H](NC(=O)OC(C)(C)C)C(=O)Nc1ncnn2c([C@]3(C#N)O[C@H](CC4([Si](O)(c5ccccc5)C(C)(C)C)C=CC=CC4)[C@@H](OC(=O)[C@@H](NC(=O)OC(C)(C)C)C(C)C)[C@H]3O)ccc12. The number of hydrogen-bond donors (Lipinski definition) is 5. The summed E-state index contributed by atoms with van der Waals surface area (Å²) in [4.78, 5) is 71.6. The predicted molar refractivity (Wildman–Crippen MR) is 250 cm³/mol. The summed E-state index contributed by atoms with van der Waals surface area (Å²) >= 11 is 0. The normalized spacial score (nSPS) is 24.0. The summed E-state index contributed by atoms with van der Waals surface area (Å²) in [7, 11) is -3.75. The van der Waals surface area contributed by atoms with E-state index in [-0.39, 0.29) is 29.4 Å². The lowest BCUT2D eigenvalue weighted by atomic mass is 9.88. The number of nitriles is 1. The van der Waals surface area contributed by atoms with Crippen molar-refractivity contribution in [3.63, 3.8) is 0 Å². The van der Waals surface area contributed by atoms with Crippen molar-refractivity contribution in [3.05, 3.63) is 78.8 Å². The number of carbonyl (C=O) groups excluding carboxylic acids is 4. The molecule has 5 rings (SSSR count). The van der Waals surface area contributed by atoms with Crippen LogP contribution in [0.5, 0.6) is 0 Å². The third-order valence-electron chi connectivity index (χ3n) is 11.8. The third kappa shape index (κ3) is 10.6. The fourth-order valence-electron chi connectivity index (χ4n) is 8.82. The maximum absolute atomic E-state index is 14.4. The summed E-state index contributed by atoms with van der Waals surface area (Å²) in [6.07, 6.45) is 2.86. The number of benzene rings is 1. The van der Waals surface area contributed by atoms with Gasteiger partial charge in [0, 0.05) is 5.04 Å². The van der Waals surface area contributed by atoms with E-state index >= 15 is 0 Å². The van der Waals surface area contributed by atoms with Crippen LogP contribution in [0.4, 0.5) is 15.4 Å². The van der Waals surface area contributed by atoms with Gasteiger partial charge in [-0.2, -0.15) is 10.4 Å². The van der Waals surface area contributed by atoms with Crippen molar-refractivity contribution in [3.8, 4) is 6.07 Å². The van der Waals surface area contributed by atoms with Crippen LogP contribution in [0.1, 0.15) is 109 Å². The molecule has 0 bridgehead atoms. The lowest BCUT2D eigenvalue weighted by Crippen LogP contribution is -2.64. The maximum atomic E-state index is 14.4. The van der Waals surface area contributed by atoms with Crippen LogP contribution in [-0.4, -0.2) is 98.5 Å². The molecule has 1 aliphatic carbocycles. The topological polar surface area (TPSA) is 236 Å². The van der Waals surface area contributed by atoms with Gasteiger partial charge in [0.05, 0.1) is 5.69 Å². The highest BCUT2D eigenvalue weighted by Gasteiger charge is 2.65. The average molecular weight is 930 g/mol. The van der Waals surface area contributed by atoms with Crippen molar-refractivity contribution in [1.29, 1.82) is 5.26 Å². The van der Waals surface area contributed by atoms with E-state index in [2.05, 4.69) is 32.1 Å². The monoisotopic (exact) mass is 929 g/mol. The third-order valence-corrected chi connectivity index (χ3v) is 17.2. The summed E-state index contributed by atoms with van der Waals surface area (Å²) in [5, 5.41) is 35.3. The van der Waals surface area contributed by atoms with Gasteiger partial charge in [0.1, 0.15) is 53.4 Å². The first-order chi connectivity index (χ1) is 30.6. The van der Waals surface area contributed by atoms with Gasteiger partial charge >= 0.3 is 18.2 Å². The van der Waals surface area contributed by atoms with Crippen molar-refractivity contribution in [2.45, 2.75) is 160 Å². The number of fused-ring (bicyclic) bond motifs is 1. The zero-order chi connectivity index (χ0) is 49.2. The second-order valence-electron chi connectivity index (χ2n) is 20.9. The van der Waals surface area contributed by atoms with Crippen LogP contribution in [0.2, 0.25) is 10.1 Å². The number of rotatable bonds is 13. The van der Waals surface area contributed by atoms with Gasteiger partial charge in [0.25, 0.3) is 0 Å². The molecule has 18 heteroatoms. The van der Waals surface area contributed by atoms with Gasteiger partial charge < -0.3 is 44.8 Å². The molecule has 0 saturated carbocycles. The van der Waals surface area contributed by atoms with Gasteiger partial charge in [-0.05, 0) is 88.6 Å². The fraction of sp³-hybridized carbons (Fsp3) is 0.562. The molecule has 0 spiro atoms. The first-order valence-electron chi connectivity index (χ1n) is 22.3. The molecular weight excluding hydrogens is 863 g/mol. The molecule has 66 heavy (non-hydrogen) atoms. The van der Waals surface area contributed by atoms with Gasteiger partial charge in [-0.3, -0.25) is 4.79 Å². The minimum absolute atomic E-state index is 0.0200. The van der Waals surface area contributed by atoms with E-state index in [9.17, 15) is 34.3 Å². The number of anilines is 1. The molecule has 1 saturated heterocycles. The van der Waals surface area contributed by atoms with Crippen molar-refractivity contribution in [2.75, 3.05) is 5.32 Å². The summed E-state index contributed by atoms with van der Waals surface area (Å²) in [5.74, 6) is -2.37. The largest absolute Gasteiger partial charge is 0.455 e. The zero-order valence-electron chi connectivity index (χ0n) is 40.3. The van der Waals surface area contributed by atoms with Crippen LogP contribution in [0.3, 0.4) is 0 Å². The quantitative estimate of drug-likeness (QED) is 0.0705. The van der Waals surface area contributed by atoms with E-state index in [4.69, 9.17) is 18.9 Å². The number of aliphatic hydroxyl groups excluding tert-OH is 1. The van der Waals surface area contributed by atoms with Gasteiger partial charge in [0.15, 0.2) is 11.9 Å². The summed E-state index contributed by atoms with van der Waals surface area (Å²) in [6.45, 7) is 23.1. The molecule has 2 aromatic heterocycles. The summed E-state index contributed by atoms with van der Waals surface area (Å²) in [5.41, 5.74) is -3.72. The lowest BCUT2D eigenvalue weighted by Gasteiger charge is -2.52. The highest BCUT2D eigenvalue weighted by molar-refractivity contribution is 6.90. The van der Waals surface area contributed by atoms with Crippen LogP contribution in [0.15, 0.2) is 73.1 Å². The number of aromatic nitrogens is 3. The summed E-state index contributed by atoms with van der Waals surface area (Å²) < 4.78 is 25.2. The van der Waals surface area contributed by atoms with E-state index in [1.165, 1.54) is 16.6 Å². The summed E-state index contributed by atoms with van der Waals surface area (Å²) in [6, 6.07) is 12.4. The Bertz CT molecular complexity index is 2360. The number of carbonyl (C=O) groups is 4. The molecule has 3 amide bonds. The maximum Gasteiger partial charge on any atom is 0.408 e. The number of allylic oxidation sites excluding steroid dienone is 4. The molecular formula is C48H67N7O10Si. The van der Waals surface area contributed by atoms with Gasteiger partial charge in [0.2, 0.25) is 19.8 Å². The molecule has 3 heterocycles. The molecule has 8 atom stereocenters. The van der Waals surface area contributed by atoms with E-state index in [0.717, 1.165) is 11.5 Å². The average Bonchev–Trinajstić information content (AvgIpc) is 3.76. The highest BCUT2D eigenvalue weighted by Crippen LogP contribution is 2.59. The van der Waals surface area contributed by atoms with Crippen LogP contribution < -0.4 is 21.1 Å². The molecule has 17 nitrogen and oxygen atoms in total. The molecule has 2 unspecified atom stereocenters. The Morgan fingerprint density at radius 1 is 0.909 bits per heavy atom. The predicted octanol–water partition coefficient (Wildman–Crippen LogP) is 6.45. The Morgan fingerprint density at radius 2 is 1.50 bits per heavy atom. The van der Waals surface area contributed by atoms with E-state index in [1.54, 1.807) is 69.2 Å². The number of amides is 3. The number of ether oxygens (including phenoxy) is 4. The molecule has 1 fully saturated rings. The molecule has 1 aromatic carbocycles. The van der Waals surface area contributed by atoms with E-state index in [0.29, 0.717) is 6.42 Å².